The third-order valence-corrected chi connectivity index (χ3v) is 2.28. The van der Waals surface area contributed by atoms with E-state index in [4.69, 9.17) is 5.73 Å². The Morgan fingerprint density at radius 3 is 2.59 bits per heavy atom. The highest BCUT2D eigenvalue weighted by molar-refractivity contribution is 5.33. The first kappa shape index (κ1) is 11.2. The molecule has 0 atom stereocenters. The summed E-state index contributed by atoms with van der Waals surface area (Å²) in [6.45, 7) is 0.288. The quantitative estimate of drug-likeness (QED) is 0.598. The highest BCUT2D eigenvalue weighted by Gasteiger charge is 2.06. The molecule has 0 unspecified atom stereocenters. The van der Waals surface area contributed by atoms with E-state index in [0.717, 1.165) is 5.56 Å². The van der Waals surface area contributed by atoms with E-state index >= 15 is 0 Å². The smallest absolute Gasteiger partial charge is 0.269 e. The van der Waals surface area contributed by atoms with E-state index in [1.165, 1.54) is 12.1 Å². The Morgan fingerprint density at radius 1 is 1.35 bits per heavy atom. The van der Waals surface area contributed by atoms with E-state index in [-0.39, 0.29) is 12.2 Å². The molecule has 2 rings (SSSR count). The molecule has 88 valence electrons. The van der Waals surface area contributed by atoms with Crippen LogP contribution in [0.5, 0.6) is 0 Å². The molecular formula is C10H11N5O2. The van der Waals surface area contributed by atoms with Crippen LogP contribution in [0.25, 0.3) is 0 Å². The van der Waals surface area contributed by atoms with Crippen molar-refractivity contribution in [1.29, 1.82) is 0 Å². The van der Waals surface area contributed by atoms with Gasteiger partial charge in [-0.25, -0.2) is 4.98 Å². The molecule has 3 N–H and O–H groups in total. The van der Waals surface area contributed by atoms with E-state index in [1.807, 2.05) is 0 Å². The number of nitro groups is 1. The fourth-order valence-corrected chi connectivity index (χ4v) is 1.43. The number of benzene rings is 1. The lowest BCUT2D eigenvalue weighted by molar-refractivity contribution is -0.384. The number of nitrogens with one attached hydrogen (secondary N) is 1. The van der Waals surface area contributed by atoms with Crippen LogP contribution in [0.2, 0.25) is 0 Å². The minimum absolute atomic E-state index is 0.0777. The van der Waals surface area contributed by atoms with Gasteiger partial charge in [0.05, 0.1) is 11.5 Å². The zero-order chi connectivity index (χ0) is 12.3. The van der Waals surface area contributed by atoms with E-state index in [0.29, 0.717) is 18.1 Å². The SMILES string of the molecule is NCc1n[nH]c(Cc2ccc([N+](=O)[O-])cc2)n1. The van der Waals surface area contributed by atoms with Crippen LogP contribution in [0, 0.1) is 10.1 Å². The predicted molar refractivity (Wildman–Crippen MR) is 60.2 cm³/mol. The summed E-state index contributed by atoms with van der Waals surface area (Å²) in [7, 11) is 0. The molecule has 0 spiro atoms. The van der Waals surface area contributed by atoms with Crippen molar-refractivity contribution in [1.82, 2.24) is 15.2 Å². The molecule has 0 aliphatic carbocycles. The van der Waals surface area contributed by atoms with Crippen LogP contribution in [0.1, 0.15) is 17.2 Å². The Balaban J connectivity index is 2.10. The average molecular weight is 233 g/mol. The van der Waals surface area contributed by atoms with Crippen LogP contribution in [0.4, 0.5) is 5.69 Å². The second kappa shape index (κ2) is 4.71. The third-order valence-electron chi connectivity index (χ3n) is 2.28. The van der Waals surface area contributed by atoms with Crippen molar-refractivity contribution in [2.75, 3.05) is 0 Å². The normalized spacial score (nSPS) is 10.4. The van der Waals surface area contributed by atoms with E-state index < -0.39 is 4.92 Å². The first-order chi connectivity index (χ1) is 8.19. The number of rotatable bonds is 4. The lowest BCUT2D eigenvalue weighted by atomic mass is 10.1. The number of aromatic amines is 1. The highest BCUT2D eigenvalue weighted by atomic mass is 16.6. The minimum atomic E-state index is -0.426. The van der Waals surface area contributed by atoms with Gasteiger partial charge in [0, 0.05) is 18.6 Å². The van der Waals surface area contributed by atoms with Crippen molar-refractivity contribution in [3.63, 3.8) is 0 Å². The molecule has 7 heteroatoms. The van der Waals surface area contributed by atoms with Gasteiger partial charge in [-0.05, 0) is 5.56 Å². The Bertz CT molecular complexity index is 520. The Labute approximate surface area is 96.8 Å². The van der Waals surface area contributed by atoms with Gasteiger partial charge in [0.2, 0.25) is 0 Å². The van der Waals surface area contributed by atoms with Gasteiger partial charge < -0.3 is 5.73 Å². The molecule has 0 aliphatic rings. The summed E-state index contributed by atoms with van der Waals surface area (Å²) >= 11 is 0. The maximum atomic E-state index is 10.5. The summed E-state index contributed by atoms with van der Waals surface area (Å²) in [5, 5.41) is 17.2. The van der Waals surface area contributed by atoms with Gasteiger partial charge in [-0.2, -0.15) is 5.10 Å². The molecule has 1 heterocycles. The summed E-state index contributed by atoms with van der Waals surface area (Å²) in [6, 6.07) is 6.33. The van der Waals surface area contributed by atoms with Crippen molar-refractivity contribution in [2.45, 2.75) is 13.0 Å². The molecule has 0 aliphatic heterocycles. The number of nitro benzene ring substituents is 1. The third kappa shape index (κ3) is 2.64. The first-order valence-corrected chi connectivity index (χ1v) is 5.02. The molecule has 7 nitrogen and oxygen atoms in total. The summed E-state index contributed by atoms with van der Waals surface area (Å²) in [5.41, 5.74) is 6.39. The number of nitrogens with zero attached hydrogens (tertiary/aromatic N) is 3. The maximum Gasteiger partial charge on any atom is 0.269 e. The number of hydrogen-bond donors (Lipinski definition) is 2. The summed E-state index contributed by atoms with van der Waals surface area (Å²) in [5.74, 6) is 1.25. The summed E-state index contributed by atoms with van der Waals surface area (Å²) in [6.07, 6.45) is 0.547. The van der Waals surface area contributed by atoms with Crippen molar-refractivity contribution in [3.8, 4) is 0 Å². The van der Waals surface area contributed by atoms with Crippen LogP contribution in [-0.2, 0) is 13.0 Å². The van der Waals surface area contributed by atoms with E-state index in [1.54, 1.807) is 12.1 Å². The second-order valence-electron chi connectivity index (χ2n) is 3.50. The molecule has 0 saturated heterocycles. The minimum Gasteiger partial charge on any atom is -0.324 e. The van der Waals surface area contributed by atoms with Gasteiger partial charge in [0.1, 0.15) is 5.82 Å². The highest BCUT2D eigenvalue weighted by Crippen LogP contribution is 2.13. The fourth-order valence-electron chi connectivity index (χ4n) is 1.43. The molecule has 17 heavy (non-hydrogen) atoms. The van der Waals surface area contributed by atoms with Crippen LogP contribution in [-0.4, -0.2) is 20.1 Å². The summed E-state index contributed by atoms with van der Waals surface area (Å²) in [4.78, 5) is 14.2. The van der Waals surface area contributed by atoms with Crippen LogP contribution in [0.3, 0.4) is 0 Å². The largest absolute Gasteiger partial charge is 0.324 e. The lowest BCUT2D eigenvalue weighted by Gasteiger charge is -1.97. The topological polar surface area (TPSA) is 111 Å². The Hall–Kier alpha value is -2.28. The zero-order valence-corrected chi connectivity index (χ0v) is 8.96. The van der Waals surface area contributed by atoms with Crippen molar-refractivity contribution in [3.05, 3.63) is 51.6 Å². The van der Waals surface area contributed by atoms with Crippen molar-refractivity contribution in [2.24, 2.45) is 5.73 Å². The number of aromatic nitrogens is 3. The molecule has 0 fully saturated rings. The second-order valence-corrected chi connectivity index (χ2v) is 3.50. The molecule has 2 aromatic rings. The number of hydrogen-bond acceptors (Lipinski definition) is 5. The molecular weight excluding hydrogens is 222 g/mol. The lowest BCUT2D eigenvalue weighted by Crippen LogP contribution is -1.98. The number of non-ortho nitro benzene ring substituents is 1. The molecule has 0 amide bonds. The molecule has 0 bridgehead atoms. The molecule has 0 saturated carbocycles. The van der Waals surface area contributed by atoms with Gasteiger partial charge in [-0.3, -0.25) is 15.2 Å². The molecule has 1 aromatic carbocycles. The Kier molecular flexibility index (Phi) is 3.10. The van der Waals surface area contributed by atoms with Gasteiger partial charge in [0.15, 0.2) is 5.82 Å². The summed E-state index contributed by atoms with van der Waals surface area (Å²) < 4.78 is 0. The molecule has 1 aromatic heterocycles. The average Bonchev–Trinajstić information content (AvgIpc) is 2.77. The van der Waals surface area contributed by atoms with Crippen molar-refractivity contribution < 1.29 is 4.92 Å². The molecule has 0 radical (unpaired) electrons. The number of nitrogens with two attached hydrogens (primary N) is 1. The van der Waals surface area contributed by atoms with E-state index in [2.05, 4.69) is 15.2 Å². The van der Waals surface area contributed by atoms with Crippen LogP contribution in [0.15, 0.2) is 24.3 Å². The predicted octanol–water partition coefficient (Wildman–Crippen LogP) is 0.762. The van der Waals surface area contributed by atoms with Crippen LogP contribution < -0.4 is 5.73 Å². The maximum absolute atomic E-state index is 10.5. The van der Waals surface area contributed by atoms with Gasteiger partial charge in [-0.15, -0.1) is 0 Å². The van der Waals surface area contributed by atoms with Crippen molar-refractivity contribution >= 4 is 5.69 Å². The first-order valence-electron chi connectivity index (χ1n) is 5.02. The van der Waals surface area contributed by atoms with Gasteiger partial charge >= 0.3 is 0 Å². The monoisotopic (exact) mass is 233 g/mol. The zero-order valence-electron chi connectivity index (χ0n) is 8.96. The number of H-pyrrole nitrogens is 1. The Morgan fingerprint density at radius 2 is 2.06 bits per heavy atom. The van der Waals surface area contributed by atoms with E-state index in [9.17, 15) is 10.1 Å². The fraction of sp³-hybridized carbons (Fsp3) is 0.200. The van der Waals surface area contributed by atoms with Gasteiger partial charge in [-0.1, -0.05) is 12.1 Å². The van der Waals surface area contributed by atoms with Crippen LogP contribution >= 0.6 is 0 Å². The van der Waals surface area contributed by atoms with Gasteiger partial charge in [0.25, 0.3) is 5.69 Å². The standard InChI is InChI=1S/C10H11N5O2/c11-6-10-12-9(13-14-10)5-7-1-3-8(4-2-7)15(16)17/h1-4H,5-6,11H2,(H,12,13,14).